The Morgan fingerprint density at radius 2 is 1.90 bits per heavy atom. The summed E-state index contributed by atoms with van der Waals surface area (Å²) in [5.74, 6) is 2.01. The average molecular weight is 275 g/mol. The molecule has 3 atom stereocenters. The highest BCUT2D eigenvalue weighted by Gasteiger charge is 2.29. The lowest BCUT2D eigenvalue weighted by molar-refractivity contribution is 0.198. The molecule has 0 saturated heterocycles. The molecule has 3 unspecified atom stereocenters. The van der Waals surface area contributed by atoms with Crippen LogP contribution in [0.2, 0.25) is 0 Å². The molecule has 0 heterocycles. The molecule has 1 fully saturated rings. The van der Waals surface area contributed by atoms with Gasteiger partial charge in [-0.25, -0.2) is 0 Å². The highest BCUT2D eigenvalue weighted by molar-refractivity contribution is 5.26. The molecule has 1 aromatic carbocycles. The van der Waals surface area contributed by atoms with Crippen molar-refractivity contribution in [3.63, 3.8) is 0 Å². The molecule has 0 amide bonds. The van der Waals surface area contributed by atoms with E-state index in [2.05, 4.69) is 31.3 Å². The molecule has 0 radical (unpaired) electrons. The van der Waals surface area contributed by atoms with Crippen LogP contribution in [0.15, 0.2) is 24.3 Å². The SMILES string of the molecule is CCCNC1CCC(CC)CC1Cc1ccc(O)cc1. The van der Waals surface area contributed by atoms with Crippen molar-refractivity contribution in [2.24, 2.45) is 11.8 Å². The van der Waals surface area contributed by atoms with Gasteiger partial charge in [0.1, 0.15) is 5.75 Å². The molecule has 2 nitrogen and oxygen atoms in total. The van der Waals surface area contributed by atoms with Gasteiger partial charge < -0.3 is 10.4 Å². The summed E-state index contributed by atoms with van der Waals surface area (Å²) in [6.45, 7) is 5.69. The van der Waals surface area contributed by atoms with Crippen LogP contribution in [0.5, 0.6) is 5.75 Å². The van der Waals surface area contributed by atoms with Crippen LogP contribution in [-0.4, -0.2) is 17.7 Å². The van der Waals surface area contributed by atoms with Gasteiger partial charge in [-0.05, 0) is 68.2 Å². The van der Waals surface area contributed by atoms with E-state index in [-0.39, 0.29) is 0 Å². The third kappa shape index (κ3) is 4.24. The molecule has 0 bridgehead atoms. The average Bonchev–Trinajstić information content (AvgIpc) is 2.48. The van der Waals surface area contributed by atoms with Gasteiger partial charge >= 0.3 is 0 Å². The second-order valence-electron chi connectivity index (χ2n) is 6.28. The van der Waals surface area contributed by atoms with Gasteiger partial charge in [0.2, 0.25) is 0 Å². The number of benzene rings is 1. The Labute approximate surface area is 123 Å². The molecule has 0 aromatic heterocycles. The zero-order chi connectivity index (χ0) is 14.4. The van der Waals surface area contributed by atoms with E-state index in [1.165, 1.54) is 37.7 Å². The van der Waals surface area contributed by atoms with Crippen molar-refractivity contribution >= 4 is 0 Å². The van der Waals surface area contributed by atoms with Gasteiger partial charge in [-0.15, -0.1) is 0 Å². The summed E-state index contributed by atoms with van der Waals surface area (Å²) < 4.78 is 0. The minimum absolute atomic E-state index is 0.365. The molecule has 2 N–H and O–H groups in total. The van der Waals surface area contributed by atoms with Crippen molar-refractivity contribution in [2.45, 2.75) is 58.4 Å². The van der Waals surface area contributed by atoms with Crippen LogP contribution in [0.4, 0.5) is 0 Å². The van der Waals surface area contributed by atoms with Crippen molar-refractivity contribution in [3.05, 3.63) is 29.8 Å². The fraction of sp³-hybridized carbons (Fsp3) is 0.667. The Balaban J connectivity index is 2.00. The first-order valence-corrected chi connectivity index (χ1v) is 8.24. The molecule has 20 heavy (non-hydrogen) atoms. The van der Waals surface area contributed by atoms with Crippen molar-refractivity contribution in [3.8, 4) is 5.75 Å². The second kappa shape index (κ2) is 7.68. The van der Waals surface area contributed by atoms with E-state index in [0.717, 1.165) is 24.8 Å². The highest BCUT2D eigenvalue weighted by Crippen LogP contribution is 2.33. The van der Waals surface area contributed by atoms with Crippen LogP contribution in [0.1, 0.15) is 51.5 Å². The monoisotopic (exact) mass is 275 g/mol. The Bertz CT molecular complexity index is 387. The molecule has 1 saturated carbocycles. The predicted octanol–water partition coefficient (Wildman–Crippen LogP) is 4.13. The van der Waals surface area contributed by atoms with Crippen LogP contribution in [-0.2, 0) is 6.42 Å². The normalized spacial score (nSPS) is 26.6. The van der Waals surface area contributed by atoms with Crippen LogP contribution in [0.25, 0.3) is 0 Å². The fourth-order valence-electron chi connectivity index (χ4n) is 3.49. The third-order valence-corrected chi connectivity index (χ3v) is 4.76. The van der Waals surface area contributed by atoms with E-state index in [4.69, 9.17) is 0 Å². The molecule has 112 valence electrons. The van der Waals surface area contributed by atoms with Gasteiger partial charge in [0.05, 0.1) is 0 Å². The maximum absolute atomic E-state index is 9.40. The first-order valence-electron chi connectivity index (χ1n) is 8.24. The number of hydrogen-bond donors (Lipinski definition) is 2. The Morgan fingerprint density at radius 3 is 2.55 bits per heavy atom. The topological polar surface area (TPSA) is 32.3 Å². The molecule has 0 spiro atoms. The lowest BCUT2D eigenvalue weighted by Crippen LogP contribution is -2.41. The Hall–Kier alpha value is -1.02. The van der Waals surface area contributed by atoms with Gasteiger partial charge in [0, 0.05) is 6.04 Å². The van der Waals surface area contributed by atoms with E-state index in [1.54, 1.807) is 0 Å². The van der Waals surface area contributed by atoms with Crippen LogP contribution < -0.4 is 5.32 Å². The van der Waals surface area contributed by atoms with Gasteiger partial charge in [-0.3, -0.25) is 0 Å². The quantitative estimate of drug-likeness (QED) is 0.818. The van der Waals surface area contributed by atoms with Crippen LogP contribution >= 0.6 is 0 Å². The number of aromatic hydroxyl groups is 1. The van der Waals surface area contributed by atoms with Crippen molar-refractivity contribution in [2.75, 3.05) is 6.54 Å². The summed E-state index contributed by atoms with van der Waals surface area (Å²) >= 11 is 0. The number of rotatable bonds is 6. The zero-order valence-electron chi connectivity index (χ0n) is 12.9. The summed E-state index contributed by atoms with van der Waals surface area (Å²) in [5, 5.41) is 13.1. The van der Waals surface area contributed by atoms with Gasteiger partial charge in [-0.1, -0.05) is 32.4 Å². The summed E-state index contributed by atoms with van der Waals surface area (Å²) in [5.41, 5.74) is 1.35. The van der Waals surface area contributed by atoms with Gasteiger partial charge in [0.25, 0.3) is 0 Å². The molecule has 1 aromatic rings. The van der Waals surface area contributed by atoms with Crippen molar-refractivity contribution in [1.82, 2.24) is 5.32 Å². The second-order valence-corrected chi connectivity index (χ2v) is 6.28. The molecular formula is C18H29NO. The van der Waals surface area contributed by atoms with E-state index < -0.39 is 0 Å². The number of phenols is 1. The molecular weight excluding hydrogens is 246 g/mol. The maximum Gasteiger partial charge on any atom is 0.115 e. The van der Waals surface area contributed by atoms with E-state index in [0.29, 0.717) is 11.8 Å². The number of hydrogen-bond acceptors (Lipinski definition) is 2. The molecule has 0 aliphatic heterocycles. The lowest BCUT2D eigenvalue weighted by atomic mass is 9.74. The molecule has 1 aliphatic rings. The van der Waals surface area contributed by atoms with Crippen molar-refractivity contribution < 1.29 is 5.11 Å². The molecule has 2 rings (SSSR count). The minimum atomic E-state index is 0.365. The highest BCUT2D eigenvalue weighted by atomic mass is 16.3. The van der Waals surface area contributed by atoms with E-state index in [9.17, 15) is 5.11 Å². The van der Waals surface area contributed by atoms with Gasteiger partial charge in [-0.2, -0.15) is 0 Å². The van der Waals surface area contributed by atoms with E-state index in [1.807, 2.05) is 12.1 Å². The maximum atomic E-state index is 9.40. The standard InChI is InChI=1S/C18H29NO/c1-3-11-19-18-10-7-14(4-2)12-16(18)13-15-5-8-17(20)9-6-15/h5-6,8-9,14,16,18-20H,3-4,7,10-13H2,1-2H3. The summed E-state index contributed by atoms with van der Waals surface area (Å²) in [6.07, 6.45) is 7.70. The lowest BCUT2D eigenvalue weighted by Gasteiger charge is -2.37. The largest absolute Gasteiger partial charge is 0.508 e. The van der Waals surface area contributed by atoms with E-state index >= 15 is 0 Å². The third-order valence-electron chi connectivity index (χ3n) is 4.76. The van der Waals surface area contributed by atoms with Gasteiger partial charge in [0.15, 0.2) is 0 Å². The van der Waals surface area contributed by atoms with Crippen LogP contribution in [0, 0.1) is 11.8 Å². The number of nitrogens with one attached hydrogen (secondary N) is 1. The summed E-state index contributed by atoms with van der Waals surface area (Å²) in [6, 6.07) is 8.43. The zero-order valence-corrected chi connectivity index (χ0v) is 12.9. The first kappa shape index (κ1) is 15.4. The van der Waals surface area contributed by atoms with Crippen LogP contribution in [0.3, 0.4) is 0 Å². The molecule has 1 aliphatic carbocycles. The minimum Gasteiger partial charge on any atom is -0.508 e. The van der Waals surface area contributed by atoms with Crippen molar-refractivity contribution in [1.29, 1.82) is 0 Å². The first-order chi connectivity index (χ1) is 9.72. The Kier molecular flexibility index (Phi) is 5.90. The fourth-order valence-corrected chi connectivity index (χ4v) is 3.49. The smallest absolute Gasteiger partial charge is 0.115 e. The Morgan fingerprint density at radius 1 is 1.15 bits per heavy atom. The number of phenolic OH excluding ortho intramolecular Hbond substituents is 1. The molecule has 2 heteroatoms. The summed E-state index contributed by atoms with van der Waals surface area (Å²) in [4.78, 5) is 0. The summed E-state index contributed by atoms with van der Waals surface area (Å²) in [7, 11) is 0. The predicted molar refractivity (Wildman–Crippen MR) is 85.0 cm³/mol.